The summed E-state index contributed by atoms with van der Waals surface area (Å²) in [5, 5.41) is 2.14. The lowest BCUT2D eigenvalue weighted by Gasteiger charge is -2.31. The van der Waals surface area contributed by atoms with Crippen molar-refractivity contribution in [3.63, 3.8) is 0 Å². The van der Waals surface area contributed by atoms with Crippen molar-refractivity contribution in [2.75, 3.05) is 12.5 Å². The Labute approximate surface area is 105 Å². The number of halogens is 1. The maximum atomic E-state index is 6.24. The van der Waals surface area contributed by atoms with E-state index in [1.165, 1.54) is 18.5 Å². The number of ether oxygens (including phenoxy) is 1. The third kappa shape index (κ3) is 1.89. The fraction of sp³-hybridized carbons (Fsp3) is 0.750. The molecule has 0 N–H and O–H groups in total. The van der Waals surface area contributed by atoms with Gasteiger partial charge in [0.1, 0.15) is 0 Å². The van der Waals surface area contributed by atoms with Gasteiger partial charge in [-0.15, -0.1) is 22.9 Å². The van der Waals surface area contributed by atoms with Crippen LogP contribution < -0.4 is 0 Å². The molecular formula is C12H16ClNOS. The van der Waals surface area contributed by atoms with Gasteiger partial charge in [0, 0.05) is 23.3 Å². The first kappa shape index (κ1) is 11.0. The molecule has 0 aromatic carbocycles. The lowest BCUT2D eigenvalue weighted by Crippen LogP contribution is -2.36. The van der Waals surface area contributed by atoms with Crippen LogP contribution in [0, 0.1) is 11.3 Å². The first-order valence-electron chi connectivity index (χ1n) is 5.89. The highest BCUT2D eigenvalue weighted by Gasteiger charge is 2.50. The zero-order valence-electron chi connectivity index (χ0n) is 9.19. The summed E-state index contributed by atoms with van der Waals surface area (Å²) in [5.74, 6) is 1.46. The van der Waals surface area contributed by atoms with Gasteiger partial charge in [-0.25, -0.2) is 4.98 Å². The zero-order chi connectivity index (χ0) is 11.0. The molecular weight excluding hydrogens is 242 g/mol. The van der Waals surface area contributed by atoms with Crippen molar-refractivity contribution in [1.29, 1.82) is 0 Å². The molecule has 1 aliphatic heterocycles. The van der Waals surface area contributed by atoms with Crippen molar-refractivity contribution in [3.8, 4) is 0 Å². The largest absolute Gasteiger partial charge is 0.377 e. The summed E-state index contributed by atoms with van der Waals surface area (Å²) >= 11 is 7.91. The Bertz CT molecular complexity index is 352. The number of hydrogen-bond acceptors (Lipinski definition) is 3. The van der Waals surface area contributed by atoms with E-state index >= 15 is 0 Å². The number of alkyl halides is 1. The molecule has 88 valence electrons. The van der Waals surface area contributed by atoms with Crippen molar-refractivity contribution >= 4 is 22.9 Å². The highest BCUT2D eigenvalue weighted by atomic mass is 35.5. The van der Waals surface area contributed by atoms with Crippen LogP contribution in [0.25, 0.3) is 0 Å². The van der Waals surface area contributed by atoms with Crippen molar-refractivity contribution in [1.82, 2.24) is 4.98 Å². The summed E-state index contributed by atoms with van der Waals surface area (Å²) in [6, 6.07) is 0. The van der Waals surface area contributed by atoms with Crippen LogP contribution in [0.15, 0.2) is 10.9 Å². The van der Waals surface area contributed by atoms with Gasteiger partial charge < -0.3 is 4.74 Å². The monoisotopic (exact) mass is 257 g/mol. The van der Waals surface area contributed by atoms with E-state index in [-0.39, 0.29) is 5.41 Å². The third-order valence-corrected chi connectivity index (χ3v) is 5.00. The zero-order valence-corrected chi connectivity index (χ0v) is 10.8. The molecule has 3 rings (SSSR count). The van der Waals surface area contributed by atoms with Crippen LogP contribution in [0.1, 0.15) is 25.0 Å². The molecule has 0 bridgehead atoms. The first-order chi connectivity index (χ1) is 7.84. The topological polar surface area (TPSA) is 22.1 Å². The maximum Gasteiger partial charge on any atom is 0.0794 e. The number of hydrogen-bond donors (Lipinski definition) is 0. The van der Waals surface area contributed by atoms with E-state index in [4.69, 9.17) is 16.3 Å². The Morgan fingerprint density at radius 3 is 3.06 bits per heavy atom. The molecule has 2 atom stereocenters. The summed E-state index contributed by atoms with van der Waals surface area (Å²) in [4.78, 5) is 4.39. The van der Waals surface area contributed by atoms with Crippen LogP contribution in [-0.2, 0) is 11.2 Å². The van der Waals surface area contributed by atoms with E-state index in [0.717, 1.165) is 25.4 Å². The molecule has 2 heterocycles. The van der Waals surface area contributed by atoms with E-state index in [0.29, 0.717) is 12.0 Å². The predicted molar refractivity (Wildman–Crippen MR) is 66.1 cm³/mol. The molecule has 0 radical (unpaired) electrons. The van der Waals surface area contributed by atoms with Gasteiger partial charge in [0.2, 0.25) is 0 Å². The Hall–Kier alpha value is -0.120. The lowest BCUT2D eigenvalue weighted by molar-refractivity contribution is 0.0400. The van der Waals surface area contributed by atoms with Gasteiger partial charge in [-0.2, -0.15) is 0 Å². The van der Waals surface area contributed by atoms with Crippen LogP contribution in [0.4, 0.5) is 0 Å². The molecule has 1 saturated heterocycles. The SMILES string of the molecule is ClCC1(Cc2cscn2)CCOC1C1CC1. The second kappa shape index (κ2) is 4.28. The van der Waals surface area contributed by atoms with E-state index in [1.54, 1.807) is 11.3 Å². The van der Waals surface area contributed by atoms with Gasteiger partial charge in [0.25, 0.3) is 0 Å². The van der Waals surface area contributed by atoms with Crippen molar-refractivity contribution in [2.45, 2.75) is 31.8 Å². The normalized spacial score (nSPS) is 34.4. The Kier molecular flexibility index (Phi) is 2.94. The average molecular weight is 258 g/mol. The highest BCUT2D eigenvalue weighted by Crippen LogP contribution is 2.49. The molecule has 1 aromatic rings. The molecule has 1 aliphatic carbocycles. The predicted octanol–water partition coefficient (Wildman–Crippen LogP) is 3.11. The smallest absolute Gasteiger partial charge is 0.0794 e. The number of rotatable bonds is 4. The van der Waals surface area contributed by atoms with Crippen LogP contribution in [0.3, 0.4) is 0 Å². The second-order valence-corrected chi connectivity index (χ2v) is 6.02. The molecule has 1 saturated carbocycles. The van der Waals surface area contributed by atoms with Gasteiger partial charge >= 0.3 is 0 Å². The molecule has 1 aromatic heterocycles. The van der Waals surface area contributed by atoms with Gasteiger partial charge in [-0.05, 0) is 31.6 Å². The third-order valence-electron chi connectivity index (χ3n) is 3.83. The number of thiazole rings is 1. The molecule has 16 heavy (non-hydrogen) atoms. The van der Waals surface area contributed by atoms with Crippen LogP contribution in [0.5, 0.6) is 0 Å². The van der Waals surface area contributed by atoms with Crippen LogP contribution in [-0.4, -0.2) is 23.6 Å². The van der Waals surface area contributed by atoms with Crippen molar-refractivity contribution < 1.29 is 4.74 Å². The van der Waals surface area contributed by atoms with Gasteiger partial charge in [0.15, 0.2) is 0 Å². The number of nitrogens with zero attached hydrogens (tertiary/aromatic N) is 1. The molecule has 0 amide bonds. The average Bonchev–Trinajstić information content (AvgIpc) is 2.86. The summed E-state index contributed by atoms with van der Waals surface area (Å²) in [5.41, 5.74) is 3.23. The molecule has 2 nitrogen and oxygen atoms in total. The Balaban J connectivity index is 1.80. The van der Waals surface area contributed by atoms with Crippen molar-refractivity contribution in [2.24, 2.45) is 11.3 Å². The van der Waals surface area contributed by atoms with E-state index in [2.05, 4.69) is 10.4 Å². The minimum absolute atomic E-state index is 0.150. The molecule has 2 aliphatic rings. The summed E-state index contributed by atoms with van der Waals surface area (Å²) < 4.78 is 5.92. The summed E-state index contributed by atoms with van der Waals surface area (Å²) in [7, 11) is 0. The second-order valence-electron chi connectivity index (χ2n) is 5.03. The maximum absolute atomic E-state index is 6.24. The van der Waals surface area contributed by atoms with E-state index < -0.39 is 0 Å². The van der Waals surface area contributed by atoms with Crippen molar-refractivity contribution in [3.05, 3.63) is 16.6 Å². The molecule has 2 unspecified atom stereocenters. The summed E-state index contributed by atoms with van der Waals surface area (Å²) in [6.45, 7) is 0.873. The first-order valence-corrected chi connectivity index (χ1v) is 7.36. The Morgan fingerprint density at radius 1 is 1.56 bits per heavy atom. The fourth-order valence-electron chi connectivity index (χ4n) is 2.81. The van der Waals surface area contributed by atoms with Gasteiger partial charge in [0.05, 0.1) is 17.3 Å². The molecule has 4 heteroatoms. The minimum atomic E-state index is 0.150. The summed E-state index contributed by atoms with van der Waals surface area (Å²) in [6.07, 6.45) is 5.10. The highest BCUT2D eigenvalue weighted by molar-refractivity contribution is 7.07. The minimum Gasteiger partial charge on any atom is -0.377 e. The number of aromatic nitrogens is 1. The van der Waals surface area contributed by atoms with Crippen LogP contribution in [0.2, 0.25) is 0 Å². The van der Waals surface area contributed by atoms with E-state index in [1.807, 2.05) is 5.51 Å². The standard InChI is InChI=1S/C12H16ClNOS/c13-7-12(5-10-6-16-8-14-10)3-4-15-11(12)9-1-2-9/h6,8-9,11H,1-5,7H2. The van der Waals surface area contributed by atoms with Gasteiger partial charge in [-0.1, -0.05) is 0 Å². The Morgan fingerprint density at radius 2 is 2.44 bits per heavy atom. The van der Waals surface area contributed by atoms with Gasteiger partial charge in [-0.3, -0.25) is 0 Å². The molecule has 2 fully saturated rings. The quantitative estimate of drug-likeness (QED) is 0.774. The van der Waals surface area contributed by atoms with E-state index in [9.17, 15) is 0 Å². The lowest BCUT2D eigenvalue weighted by atomic mass is 9.77. The molecule has 0 spiro atoms. The fourth-order valence-corrected chi connectivity index (χ4v) is 3.75. The van der Waals surface area contributed by atoms with Crippen LogP contribution >= 0.6 is 22.9 Å².